The molecule has 2 rings (SSSR count). The summed E-state index contributed by atoms with van der Waals surface area (Å²) in [7, 11) is -4.64. The van der Waals surface area contributed by atoms with Crippen LogP contribution in [0.5, 0.6) is 0 Å². The van der Waals surface area contributed by atoms with E-state index in [1.165, 1.54) is 12.3 Å². The average molecular weight is 333 g/mol. The van der Waals surface area contributed by atoms with Gasteiger partial charge in [0.25, 0.3) is 5.91 Å². The first kappa shape index (κ1) is 17.0. The van der Waals surface area contributed by atoms with Crippen LogP contribution in [0.4, 0.5) is 0 Å². The number of aromatic nitrogens is 1. The lowest BCUT2D eigenvalue weighted by Gasteiger charge is -2.15. The molecule has 0 aliphatic heterocycles. The van der Waals surface area contributed by atoms with Crippen LogP contribution in [0.1, 0.15) is 22.8 Å². The number of pyridine rings is 1. The summed E-state index contributed by atoms with van der Waals surface area (Å²) < 4.78 is 16.7. The van der Waals surface area contributed by atoms with Gasteiger partial charge in [-0.2, -0.15) is 4.57 Å². The molecule has 1 aliphatic rings. The molecule has 4 unspecified atom stereocenters. The lowest BCUT2D eigenvalue weighted by Crippen LogP contribution is -2.45. The minimum absolute atomic E-state index is 0.231. The maximum absolute atomic E-state index is 11.2. The Morgan fingerprint density at radius 1 is 1.41 bits per heavy atom. The maximum Gasteiger partial charge on any atom is 0.469 e. The van der Waals surface area contributed by atoms with Crippen LogP contribution >= 0.6 is 7.82 Å². The molecule has 1 saturated carbocycles. The van der Waals surface area contributed by atoms with Crippen molar-refractivity contribution in [2.24, 2.45) is 11.7 Å². The third kappa shape index (κ3) is 3.89. The molecule has 1 aromatic heterocycles. The Bertz CT molecular complexity index is 605. The number of amides is 1. The molecule has 22 heavy (non-hydrogen) atoms. The van der Waals surface area contributed by atoms with Crippen LogP contribution < -0.4 is 10.3 Å². The monoisotopic (exact) mass is 333 g/mol. The Labute approximate surface area is 126 Å². The Kier molecular flexibility index (Phi) is 4.96. The molecule has 6 N–H and O–H groups in total. The number of nitrogens with two attached hydrogens (primary N) is 1. The predicted octanol–water partition coefficient (Wildman–Crippen LogP) is -1.53. The van der Waals surface area contributed by atoms with E-state index in [2.05, 4.69) is 4.52 Å². The van der Waals surface area contributed by atoms with Gasteiger partial charge in [0.15, 0.2) is 18.4 Å². The summed E-state index contributed by atoms with van der Waals surface area (Å²) in [5.74, 6) is -1.26. The lowest BCUT2D eigenvalue weighted by atomic mass is 10.1. The molecular weight excluding hydrogens is 315 g/mol. The van der Waals surface area contributed by atoms with Gasteiger partial charge in [0.05, 0.1) is 12.7 Å². The van der Waals surface area contributed by atoms with Gasteiger partial charge >= 0.3 is 7.82 Å². The van der Waals surface area contributed by atoms with E-state index >= 15 is 0 Å². The van der Waals surface area contributed by atoms with Gasteiger partial charge in [0, 0.05) is 18.4 Å². The van der Waals surface area contributed by atoms with Crippen LogP contribution in [0.3, 0.4) is 0 Å². The van der Waals surface area contributed by atoms with E-state index < -0.39 is 37.9 Å². The Balaban J connectivity index is 2.14. The van der Waals surface area contributed by atoms with Gasteiger partial charge < -0.3 is 25.7 Å². The van der Waals surface area contributed by atoms with Gasteiger partial charge in [0.2, 0.25) is 0 Å². The van der Waals surface area contributed by atoms with Crippen molar-refractivity contribution >= 4 is 13.7 Å². The van der Waals surface area contributed by atoms with E-state index in [9.17, 15) is 19.6 Å². The molecule has 122 valence electrons. The summed E-state index contributed by atoms with van der Waals surface area (Å²) >= 11 is 0. The first-order valence-electron chi connectivity index (χ1n) is 6.56. The molecule has 1 fully saturated rings. The summed E-state index contributed by atoms with van der Waals surface area (Å²) in [5.41, 5.74) is 5.44. The first-order chi connectivity index (χ1) is 10.2. The molecule has 1 aliphatic carbocycles. The summed E-state index contributed by atoms with van der Waals surface area (Å²) in [6.45, 7) is -0.380. The minimum Gasteiger partial charge on any atom is -0.390 e. The normalized spacial score (nSPS) is 28.7. The largest absolute Gasteiger partial charge is 0.469 e. The van der Waals surface area contributed by atoms with E-state index in [-0.39, 0.29) is 18.6 Å². The summed E-state index contributed by atoms with van der Waals surface area (Å²) in [4.78, 5) is 28.6. The van der Waals surface area contributed by atoms with Gasteiger partial charge in [-0.3, -0.25) is 9.32 Å². The first-order valence-corrected chi connectivity index (χ1v) is 8.09. The van der Waals surface area contributed by atoms with Crippen molar-refractivity contribution in [2.45, 2.75) is 24.7 Å². The highest BCUT2D eigenvalue weighted by molar-refractivity contribution is 7.46. The molecule has 4 atom stereocenters. The number of phosphoric acid groups is 1. The van der Waals surface area contributed by atoms with Gasteiger partial charge in [-0.1, -0.05) is 0 Å². The van der Waals surface area contributed by atoms with Crippen LogP contribution in [0.15, 0.2) is 24.5 Å². The average Bonchev–Trinajstić information content (AvgIpc) is 2.72. The molecule has 10 heteroatoms. The van der Waals surface area contributed by atoms with Crippen LogP contribution in [-0.2, 0) is 9.09 Å². The molecule has 1 aromatic rings. The zero-order valence-electron chi connectivity index (χ0n) is 11.5. The highest BCUT2D eigenvalue weighted by Gasteiger charge is 2.47. The molecule has 0 spiro atoms. The van der Waals surface area contributed by atoms with Crippen LogP contribution in [0, 0.1) is 5.92 Å². The third-order valence-corrected chi connectivity index (χ3v) is 4.20. The fourth-order valence-electron chi connectivity index (χ4n) is 2.60. The quantitative estimate of drug-likeness (QED) is 0.323. The molecule has 0 bridgehead atoms. The fourth-order valence-corrected chi connectivity index (χ4v) is 2.98. The number of phosphoric ester groups is 1. The Morgan fingerprint density at radius 2 is 2.09 bits per heavy atom. The smallest absolute Gasteiger partial charge is 0.390 e. The number of aliphatic hydroxyl groups is 2. The van der Waals surface area contributed by atoms with Crippen LogP contribution in [-0.4, -0.2) is 44.7 Å². The van der Waals surface area contributed by atoms with Gasteiger partial charge in [-0.25, -0.2) is 4.57 Å². The maximum atomic E-state index is 11.2. The highest BCUT2D eigenvalue weighted by atomic mass is 31.2. The van der Waals surface area contributed by atoms with E-state index in [1.807, 2.05) is 0 Å². The van der Waals surface area contributed by atoms with Crippen LogP contribution in [0.2, 0.25) is 0 Å². The lowest BCUT2D eigenvalue weighted by molar-refractivity contribution is -0.728. The standard InChI is InChI=1S/C12H17N2O7P/c13-12(17)7-2-1-3-14(5-7)9-4-8(10(15)11(9)16)6-21-22(18,19)20/h1-3,5,8-11,15-16H,4,6H2,(H3-,13,17,18,19,20)/p+1. The van der Waals surface area contributed by atoms with Gasteiger partial charge in [0.1, 0.15) is 11.7 Å². The SMILES string of the molecule is NC(=O)c1ccc[n+](C2CC(COP(=O)(O)O)C(O)C2O)c1. The van der Waals surface area contributed by atoms with E-state index in [0.29, 0.717) is 0 Å². The zero-order chi connectivity index (χ0) is 16.5. The molecule has 0 radical (unpaired) electrons. The Morgan fingerprint density at radius 3 is 2.68 bits per heavy atom. The number of carbonyl (C=O) groups excluding carboxylic acids is 1. The molecule has 1 heterocycles. The number of primary amides is 1. The van der Waals surface area contributed by atoms with Crippen molar-refractivity contribution in [3.8, 4) is 0 Å². The predicted molar refractivity (Wildman–Crippen MR) is 72.3 cm³/mol. The third-order valence-electron chi connectivity index (χ3n) is 3.72. The van der Waals surface area contributed by atoms with E-state index in [0.717, 1.165) is 0 Å². The Hall–Kier alpha value is -1.35. The van der Waals surface area contributed by atoms with Gasteiger partial charge in [-0.15, -0.1) is 0 Å². The fraction of sp³-hybridized carbons (Fsp3) is 0.500. The molecule has 0 saturated heterocycles. The van der Waals surface area contributed by atoms with Crippen molar-refractivity contribution in [1.82, 2.24) is 0 Å². The molecule has 9 nitrogen and oxygen atoms in total. The molecular formula is C12H18N2O7P+. The van der Waals surface area contributed by atoms with E-state index in [1.54, 1.807) is 16.8 Å². The summed E-state index contributed by atoms with van der Waals surface area (Å²) in [6, 6.07) is 2.54. The summed E-state index contributed by atoms with van der Waals surface area (Å²) in [6.07, 6.45) is 0.948. The summed E-state index contributed by atoms with van der Waals surface area (Å²) in [5, 5.41) is 20.1. The van der Waals surface area contributed by atoms with Gasteiger partial charge in [-0.05, 0) is 6.07 Å². The second-order valence-electron chi connectivity index (χ2n) is 5.23. The van der Waals surface area contributed by atoms with Crippen molar-refractivity contribution < 1.29 is 38.5 Å². The second-order valence-corrected chi connectivity index (χ2v) is 6.47. The molecule has 1 amide bonds. The number of hydrogen-bond acceptors (Lipinski definition) is 5. The zero-order valence-corrected chi connectivity index (χ0v) is 12.4. The topological polar surface area (TPSA) is 154 Å². The number of nitrogens with zero attached hydrogens (tertiary/aromatic N) is 1. The van der Waals surface area contributed by atoms with Crippen molar-refractivity contribution in [3.05, 3.63) is 30.1 Å². The number of aliphatic hydroxyl groups excluding tert-OH is 2. The number of rotatable bonds is 5. The van der Waals surface area contributed by atoms with Crippen molar-refractivity contribution in [2.75, 3.05) is 6.61 Å². The van der Waals surface area contributed by atoms with E-state index in [4.69, 9.17) is 15.5 Å². The second kappa shape index (κ2) is 6.41. The van der Waals surface area contributed by atoms with Crippen molar-refractivity contribution in [1.29, 1.82) is 0 Å². The number of hydrogen-bond donors (Lipinski definition) is 5. The number of carbonyl (C=O) groups is 1. The molecule has 0 aromatic carbocycles. The van der Waals surface area contributed by atoms with Crippen LogP contribution in [0.25, 0.3) is 0 Å². The minimum atomic E-state index is -4.64. The van der Waals surface area contributed by atoms with Crippen molar-refractivity contribution in [3.63, 3.8) is 0 Å². The highest BCUT2D eigenvalue weighted by Crippen LogP contribution is 2.40.